The van der Waals surface area contributed by atoms with Crippen molar-refractivity contribution in [3.8, 4) is 5.75 Å². The monoisotopic (exact) mass is 291 g/mol. The topological polar surface area (TPSA) is 27.7 Å². The zero-order chi connectivity index (χ0) is 15.4. The Hall–Kier alpha value is -1.10. The molecule has 1 aliphatic rings. The Kier molecular flexibility index (Phi) is 5.62. The number of likely N-dealkylation sites (N-methyl/N-ethyl adjacent to an activating group) is 3. The van der Waals surface area contributed by atoms with E-state index >= 15 is 0 Å². The van der Waals surface area contributed by atoms with Crippen molar-refractivity contribution in [1.29, 1.82) is 0 Å². The first-order valence-electron chi connectivity index (χ1n) is 7.77. The molecule has 0 saturated carbocycles. The Bertz CT molecular complexity index is 463. The minimum atomic E-state index is 0.335. The van der Waals surface area contributed by atoms with Gasteiger partial charge < -0.3 is 19.9 Å². The second-order valence-corrected chi connectivity index (χ2v) is 6.15. The predicted octanol–water partition coefficient (Wildman–Crippen LogP) is 1.90. The molecule has 2 unspecified atom stereocenters. The fraction of sp³-hybridized carbons (Fsp3) is 0.647. The average molecular weight is 291 g/mol. The lowest BCUT2D eigenvalue weighted by Gasteiger charge is -2.35. The third-order valence-electron chi connectivity index (χ3n) is 4.62. The van der Waals surface area contributed by atoms with E-state index in [9.17, 15) is 0 Å². The van der Waals surface area contributed by atoms with Crippen molar-refractivity contribution < 1.29 is 4.74 Å². The lowest BCUT2D eigenvalue weighted by Crippen LogP contribution is -2.46. The molecule has 0 bridgehead atoms. The third-order valence-corrected chi connectivity index (χ3v) is 4.62. The highest BCUT2D eigenvalue weighted by Gasteiger charge is 2.29. The zero-order valence-corrected chi connectivity index (χ0v) is 14.0. The SMILES string of the molecule is CNC(c1ccc(OC)cc1C)C1CN(C)CCCN1C. The van der Waals surface area contributed by atoms with Gasteiger partial charge >= 0.3 is 0 Å². The summed E-state index contributed by atoms with van der Waals surface area (Å²) in [6.07, 6.45) is 1.24. The van der Waals surface area contributed by atoms with E-state index in [1.165, 1.54) is 24.1 Å². The van der Waals surface area contributed by atoms with Gasteiger partial charge in [0.25, 0.3) is 0 Å². The Balaban J connectivity index is 2.29. The third kappa shape index (κ3) is 3.76. The van der Waals surface area contributed by atoms with Crippen molar-refractivity contribution in [2.75, 3.05) is 47.9 Å². The number of ether oxygens (including phenoxy) is 1. The lowest BCUT2D eigenvalue weighted by molar-refractivity contribution is 0.182. The van der Waals surface area contributed by atoms with E-state index in [-0.39, 0.29) is 0 Å². The van der Waals surface area contributed by atoms with Gasteiger partial charge in [-0.3, -0.25) is 0 Å². The molecule has 2 rings (SSSR count). The van der Waals surface area contributed by atoms with Crippen LogP contribution in [0, 0.1) is 6.92 Å². The number of methoxy groups -OCH3 is 1. The van der Waals surface area contributed by atoms with Crippen LogP contribution in [-0.2, 0) is 0 Å². The predicted molar refractivity (Wildman–Crippen MR) is 88.1 cm³/mol. The highest BCUT2D eigenvalue weighted by molar-refractivity contribution is 5.37. The van der Waals surface area contributed by atoms with E-state index in [0.717, 1.165) is 18.8 Å². The van der Waals surface area contributed by atoms with Gasteiger partial charge in [0.1, 0.15) is 5.75 Å². The van der Waals surface area contributed by atoms with E-state index < -0.39 is 0 Å². The molecule has 0 spiro atoms. The maximum absolute atomic E-state index is 5.33. The second kappa shape index (κ2) is 7.25. The first kappa shape index (κ1) is 16.3. The van der Waals surface area contributed by atoms with Crippen LogP contribution in [0.5, 0.6) is 5.75 Å². The smallest absolute Gasteiger partial charge is 0.119 e. The Morgan fingerprint density at radius 3 is 2.67 bits per heavy atom. The summed E-state index contributed by atoms with van der Waals surface area (Å²) >= 11 is 0. The van der Waals surface area contributed by atoms with Gasteiger partial charge in [0, 0.05) is 18.6 Å². The summed E-state index contributed by atoms with van der Waals surface area (Å²) in [5.74, 6) is 0.928. The molecule has 1 heterocycles. The quantitative estimate of drug-likeness (QED) is 0.917. The minimum Gasteiger partial charge on any atom is -0.497 e. The number of nitrogens with one attached hydrogen (secondary N) is 1. The molecular formula is C17H29N3O. The molecule has 1 aromatic rings. The van der Waals surface area contributed by atoms with Crippen LogP contribution in [-0.4, -0.2) is 63.7 Å². The highest BCUT2D eigenvalue weighted by atomic mass is 16.5. The van der Waals surface area contributed by atoms with Gasteiger partial charge in [-0.05, 0) is 70.8 Å². The lowest BCUT2D eigenvalue weighted by atomic mass is 9.94. The van der Waals surface area contributed by atoms with Crippen molar-refractivity contribution in [3.05, 3.63) is 29.3 Å². The zero-order valence-electron chi connectivity index (χ0n) is 14.0. The van der Waals surface area contributed by atoms with Crippen LogP contribution in [0.25, 0.3) is 0 Å². The number of nitrogens with zero attached hydrogens (tertiary/aromatic N) is 2. The van der Waals surface area contributed by atoms with Crippen LogP contribution in [0.4, 0.5) is 0 Å². The van der Waals surface area contributed by atoms with Crippen molar-refractivity contribution in [3.63, 3.8) is 0 Å². The van der Waals surface area contributed by atoms with Crippen molar-refractivity contribution >= 4 is 0 Å². The molecule has 1 saturated heterocycles. The molecule has 4 nitrogen and oxygen atoms in total. The summed E-state index contributed by atoms with van der Waals surface area (Å²) in [7, 11) is 8.25. The molecule has 1 aliphatic heterocycles. The normalized spacial score (nSPS) is 22.8. The maximum atomic E-state index is 5.33. The van der Waals surface area contributed by atoms with Crippen molar-refractivity contribution in [2.45, 2.75) is 25.4 Å². The fourth-order valence-corrected chi connectivity index (χ4v) is 3.35. The van der Waals surface area contributed by atoms with Gasteiger partial charge in [-0.1, -0.05) is 6.07 Å². The molecule has 1 fully saturated rings. The number of hydrogen-bond acceptors (Lipinski definition) is 4. The number of hydrogen-bond donors (Lipinski definition) is 1. The largest absolute Gasteiger partial charge is 0.497 e. The molecular weight excluding hydrogens is 262 g/mol. The molecule has 1 N–H and O–H groups in total. The first-order valence-corrected chi connectivity index (χ1v) is 7.77. The molecule has 0 amide bonds. The maximum Gasteiger partial charge on any atom is 0.119 e. The molecule has 118 valence electrons. The minimum absolute atomic E-state index is 0.335. The van der Waals surface area contributed by atoms with Gasteiger partial charge in [-0.25, -0.2) is 0 Å². The van der Waals surface area contributed by atoms with Crippen LogP contribution in [0.1, 0.15) is 23.6 Å². The number of aryl methyl sites for hydroxylation is 1. The summed E-state index contributed by atoms with van der Waals surface area (Å²) in [5.41, 5.74) is 2.65. The van der Waals surface area contributed by atoms with Gasteiger partial charge in [0.05, 0.1) is 7.11 Å². The Labute approximate surface area is 129 Å². The standard InChI is InChI=1S/C17H29N3O/c1-13-11-14(21-5)7-8-15(13)17(18-2)16-12-19(3)9-6-10-20(16)4/h7-8,11,16-18H,6,9-10,12H2,1-5H3. The van der Waals surface area contributed by atoms with Crippen LogP contribution >= 0.6 is 0 Å². The molecule has 4 heteroatoms. The van der Waals surface area contributed by atoms with Gasteiger partial charge in [-0.15, -0.1) is 0 Å². The summed E-state index contributed by atoms with van der Waals surface area (Å²) in [6, 6.07) is 7.21. The highest BCUT2D eigenvalue weighted by Crippen LogP contribution is 2.27. The van der Waals surface area contributed by atoms with Gasteiger partial charge in [0.2, 0.25) is 0 Å². The van der Waals surface area contributed by atoms with Crippen LogP contribution in [0.15, 0.2) is 18.2 Å². The Morgan fingerprint density at radius 1 is 1.29 bits per heavy atom. The number of rotatable bonds is 4. The fourth-order valence-electron chi connectivity index (χ4n) is 3.35. The van der Waals surface area contributed by atoms with E-state index in [4.69, 9.17) is 4.74 Å². The summed E-state index contributed by atoms with van der Waals surface area (Å²) in [5, 5.41) is 3.54. The van der Waals surface area contributed by atoms with Crippen molar-refractivity contribution in [1.82, 2.24) is 15.1 Å². The molecule has 0 aromatic heterocycles. The molecule has 21 heavy (non-hydrogen) atoms. The van der Waals surface area contributed by atoms with E-state index in [0.29, 0.717) is 12.1 Å². The first-order chi connectivity index (χ1) is 10.1. The molecule has 0 aliphatic carbocycles. The van der Waals surface area contributed by atoms with Gasteiger partial charge in [-0.2, -0.15) is 0 Å². The van der Waals surface area contributed by atoms with Crippen molar-refractivity contribution in [2.24, 2.45) is 0 Å². The van der Waals surface area contributed by atoms with Crippen LogP contribution in [0.3, 0.4) is 0 Å². The second-order valence-electron chi connectivity index (χ2n) is 6.15. The van der Waals surface area contributed by atoms with Crippen LogP contribution in [0.2, 0.25) is 0 Å². The molecule has 2 atom stereocenters. The van der Waals surface area contributed by atoms with E-state index in [1.54, 1.807) is 7.11 Å². The Morgan fingerprint density at radius 2 is 2.05 bits per heavy atom. The summed E-state index contributed by atoms with van der Waals surface area (Å²) < 4.78 is 5.33. The van der Waals surface area contributed by atoms with E-state index in [1.807, 2.05) is 0 Å². The number of benzene rings is 1. The summed E-state index contributed by atoms with van der Waals surface area (Å²) in [6.45, 7) is 5.59. The molecule has 0 radical (unpaired) electrons. The van der Waals surface area contributed by atoms with E-state index in [2.05, 4.69) is 61.4 Å². The molecule has 1 aromatic carbocycles. The average Bonchev–Trinajstić information content (AvgIpc) is 2.63. The van der Waals surface area contributed by atoms with Gasteiger partial charge in [0.15, 0.2) is 0 Å². The van der Waals surface area contributed by atoms with Crippen LogP contribution < -0.4 is 10.1 Å². The summed E-state index contributed by atoms with van der Waals surface area (Å²) in [4.78, 5) is 4.94.